The Morgan fingerprint density at radius 2 is 1.55 bits per heavy atom. The summed E-state index contributed by atoms with van der Waals surface area (Å²) < 4.78 is 20.6. The van der Waals surface area contributed by atoms with E-state index in [1.165, 1.54) is 0 Å². The molecule has 0 amide bonds. The number of benzene rings is 1. The minimum atomic E-state index is -2.09. The van der Waals surface area contributed by atoms with E-state index in [4.69, 9.17) is 0 Å². The molecule has 1 aromatic rings. The zero-order valence-corrected chi connectivity index (χ0v) is 9.35. The van der Waals surface area contributed by atoms with Gasteiger partial charge in [-0.05, 0) is 17.6 Å². The van der Waals surface area contributed by atoms with Gasteiger partial charge in [0.25, 0.3) is 0 Å². The minimum Gasteiger partial charge on any atom is -0.420 e. The molecular weight excluding hydrogens is 171 g/mol. The van der Waals surface area contributed by atoms with Gasteiger partial charge in [0.15, 0.2) is 0 Å². The maximum atomic E-state index is 10.3. The van der Waals surface area contributed by atoms with Crippen molar-refractivity contribution in [2.24, 2.45) is 0 Å². The Labute approximate surface area is 89.9 Å². The number of hydrogen-bond donors (Lipinski definition) is 0. The Balaban J connectivity index is 0.000001000. The van der Waals surface area contributed by atoms with Gasteiger partial charge in [0, 0.05) is 0 Å². The Bertz CT molecular complexity index is 282. The van der Waals surface area contributed by atoms with Gasteiger partial charge in [-0.15, -0.1) is 0 Å². The maximum Gasteiger partial charge on any atom is 1.00 e. The van der Waals surface area contributed by atoms with Crippen molar-refractivity contribution in [3.05, 3.63) is 29.8 Å². The van der Waals surface area contributed by atoms with Crippen molar-refractivity contribution >= 4 is 10.7 Å². The molecule has 54 valence electrons. The monoisotopic (exact) mass is 178 g/mol. The smallest absolute Gasteiger partial charge is 0.420 e. The van der Waals surface area contributed by atoms with E-state index in [2.05, 4.69) is 0 Å². The summed E-state index contributed by atoms with van der Waals surface area (Å²) in [6.07, 6.45) is 0. The van der Waals surface area contributed by atoms with Crippen molar-refractivity contribution in [3.8, 4) is 0 Å². The molecule has 11 heavy (non-hydrogen) atoms. The van der Waals surface area contributed by atoms with Crippen LogP contribution in [0.1, 0.15) is 5.56 Å². The molecule has 0 saturated heterocycles. The Hall–Kier alpha value is 0.170. The molecule has 4 heteroatoms. The van der Waals surface area contributed by atoms with Crippen molar-refractivity contribution in [1.82, 2.24) is 0 Å². The van der Waals surface area contributed by atoms with E-state index in [0.717, 1.165) is 5.56 Å². The molecule has 0 heterocycles. The fourth-order valence-corrected chi connectivity index (χ4v) is 1.01. The molecule has 0 atom stereocenters. The molecular formula is C7H7NaO2S. The summed E-state index contributed by atoms with van der Waals surface area (Å²) in [6, 6.07) is 6.70. The van der Waals surface area contributed by atoms with Crippen LogP contribution in [0.15, 0.2) is 29.2 Å². The van der Waals surface area contributed by atoms with E-state index in [9.17, 15) is 8.42 Å². The van der Waals surface area contributed by atoms with Gasteiger partial charge in [-0.3, -0.25) is 0 Å². The average Bonchev–Trinajstić information content (AvgIpc) is 1.88. The molecule has 1 rings (SSSR count). The van der Waals surface area contributed by atoms with Crippen LogP contribution < -0.4 is 29.6 Å². The number of hydrogen-bond acceptors (Lipinski definition) is 3. The summed E-state index contributed by atoms with van der Waals surface area (Å²) in [6.45, 7) is 1.91. The molecule has 1 aromatic carbocycles. The first-order valence-electron chi connectivity index (χ1n) is 2.86. The number of aryl methyl sites for hydroxylation is 1. The Morgan fingerprint density at radius 3 is 1.91 bits per heavy atom. The summed E-state index contributed by atoms with van der Waals surface area (Å²) >= 11 is 0. The maximum absolute atomic E-state index is 10.3. The Morgan fingerprint density at radius 1 is 1.09 bits per heavy atom. The van der Waals surface area contributed by atoms with Crippen LogP contribution in [-0.2, 0) is 19.1 Å². The summed E-state index contributed by atoms with van der Waals surface area (Å²) in [5, 5.41) is 0. The van der Waals surface area contributed by atoms with Crippen molar-refractivity contribution in [1.29, 1.82) is 0 Å². The summed E-state index contributed by atoms with van der Waals surface area (Å²) in [5.41, 5.74) is 1.06. The summed E-state index contributed by atoms with van der Waals surface area (Å²) in [5.74, 6) is 0. The first kappa shape index (κ1) is 11.2. The molecule has 0 unspecified atom stereocenters. The standard InChI is InChI=1S/C7H7O2S.Na/c1-6-2-4-7(5-3-6)10(8)9;/h2-5H,1H3;/q-1;+1. The van der Waals surface area contributed by atoms with Gasteiger partial charge in [-0.2, -0.15) is 0 Å². The third kappa shape index (κ3) is 3.38. The van der Waals surface area contributed by atoms with Crippen LogP contribution in [0.4, 0.5) is 0 Å². The molecule has 0 fully saturated rings. The van der Waals surface area contributed by atoms with Crippen LogP contribution in [0.3, 0.4) is 0 Å². The zero-order valence-electron chi connectivity index (χ0n) is 6.53. The van der Waals surface area contributed by atoms with Gasteiger partial charge in [0.1, 0.15) is 0 Å². The third-order valence-electron chi connectivity index (χ3n) is 1.21. The van der Waals surface area contributed by atoms with Crippen molar-refractivity contribution in [2.75, 3.05) is 0 Å². The molecule has 0 spiro atoms. The minimum absolute atomic E-state index is 0. The van der Waals surface area contributed by atoms with Crippen molar-refractivity contribution < 1.29 is 38.0 Å². The zero-order chi connectivity index (χ0) is 7.56. The predicted molar refractivity (Wildman–Crippen MR) is 38.2 cm³/mol. The van der Waals surface area contributed by atoms with Crippen LogP contribution in [0.5, 0.6) is 0 Å². The van der Waals surface area contributed by atoms with Crippen LogP contribution in [-0.4, -0.2) is 0 Å². The molecule has 0 N–H and O–H groups in total. The molecule has 0 aliphatic rings. The van der Waals surface area contributed by atoms with Crippen LogP contribution in [0, 0.1) is 6.92 Å². The topological polar surface area (TPSA) is 34.1 Å². The second-order valence-electron chi connectivity index (χ2n) is 2.05. The van der Waals surface area contributed by atoms with E-state index in [-0.39, 0.29) is 29.6 Å². The molecule has 2 nitrogen and oxygen atoms in total. The van der Waals surface area contributed by atoms with E-state index < -0.39 is 10.7 Å². The first-order valence-corrected chi connectivity index (χ1v) is 3.93. The third-order valence-corrected chi connectivity index (χ3v) is 1.87. The van der Waals surface area contributed by atoms with Crippen LogP contribution in [0.25, 0.3) is 0 Å². The van der Waals surface area contributed by atoms with Crippen molar-refractivity contribution in [2.45, 2.75) is 11.8 Å². The second-order valence-corrected chi connectivity index (χ2v) is 2.99. The van der Waals surface area contributed by atoms with E-state index in [1.807, 2.05) is 6.92 Å². The van der Waals surface area contributed by atoms with Gasteiger partial charge >= 0.3 is 29.6 Å². The van der Waals surface area contributed by atoms with Crippen LogP contribution >= 0.6 is 0 Å². The molecule has 0 aliphatic heterocycles. The molecule has 0 saturated carbocycles. The van der Waals surface area contributed by atoms with Gasteiger partial charge in [0.2, 0.25) is 0 Å². The molecule has 0 aliphatic carbocycles. The molecule has 0 aromatic heterocycles. The second kappa shape index (κ2) is 4.93. The van der Waals surface area contributed by atoms with Crippen LogP contribution in [0.2, 0.25) is 0 Å². The van der Waals surface area contributed by atoms with Gasteiger partial charge < -0.3 is 8.42 Å². The molecule has 0 bridgehead atoms. The largest absolute Gasteiger partial charge is 1.00 e. The SMILES string of the molecule is Cc1ccc([S-](=O)=O)cc1.[Na+]. The van der Waals surface area contributed by atoms with Gasteiger partial charge in [-0.25, -0.2) is 0 Å². The quantitative estimate of drug-likeness (QED) is 0.394. The fourth-order valence-electron chi connectivity index (χ4n) is 0.649. The van der Waals surface area contributed by atoms with E-state index >= 15 is 0 Å². The normalized spacial score (nSPS) is 9.27. The molecule has 0 radical (unpaired) electrons. The summed E-state index contributed by atoms with van der Waals surface area (Å²) in [7, 11) is -2.09. The Kier molecular flexibility index (Phi) is 5.01. The first-order chi connectivity index (χ1) is 4.70. The summed E-state index contributed by atoms with van der Waals surface area (Å²) in [4.78, 5) is 0.339. The average molecular weight is 178 g/mol. The van der Waals surface area contributed by atoms with E-state index in [1.54, 1.807) is 24.3 Å². The fraction of sp³-hybridized carbons (Fsp3) is 0.143. The number of rotatable bonds is 1. The predicted octanol–water partition coefficient (Wildman–Crippen LogP) is -1.33. The van der Waals surface area contributed by atoms with E-state index in [0.29, 0.717) is 4.90 Å². The van der Waals surface area contributed by atoms with Crippen molar-refractivity contribution in [3.63, 3.8) is 0 Å². The van der Waals surface area contributed by atoms with Gasteiger partial charge in [-0.1, -0.05) is 34.7 Å². The van der Waals surface area contributed by atoms with Gasteiger partial charge in [0.05, 0.1) is 0 Å².